The highest BCUT2D eigenvalue weighted by Gasteiger charge is 2.04. The normalized spacial score (nSPS) is 10.2. The van der Waals surface area contributed by atoms with E-state index >= 15 is 0 Å². The fourth-order valence-electron chi connectivity index (χ4n) is 1.53. The van der Waals surface area contributed by atoms with Crippen LogP contribution in [0.25, 0.3) is 0 Å². The number of hydrogen-bond donors (Lipinski definition) is 3. The Balaban J connectivity index is 2.41. The van der Waals surface area contributed by atoms with Gasteiger partial charge >= 0.3 is 0 Å². The summed E-state index contributed by atoms with van der Waals surface area (Å²) in [5.41, 5.74) is 3.51. The highest BCUT2D eigenvalue weighted by Crippen LogP contribution is 2.16. The number of unbranched alkanes of at least 4 members (excludes halogenated alkanes) is 3. The zero-order valence-electron chi connectivity index (χ0n) is 10.1. The SMILES string of the molecule is CCCCCCNc1ncnc(NN)c1C. The number of rotatable bonds is 7. The topological polar surface area (TPSA) is 75.9 Å². The zero-order valence-corrected chi connectivity index (χ0v) is 10.1. The highest BCUT2D eigenvalue weighted by molar-refractivity contribution is 5.55. The molecule has 4 N–H and O–H groups in total. The third-order valence-electron chi connectivity index (χ3n) is 2.54. The van der Waals surface area contributed by atoms with E-state index in [0.29, 0.717) is 5.82 Å². The van der Waals surface area contributed by atoms with Crippen molar-refractivity contribution in [2.75, 3.05) is 17.3 Å². The Kier molecular flexibility index (Phi) is 5.56. The summed E-state index contributed by atoms with van der Waals surface area (Å²) in [6, 6.07) is 0. The van der Waals surface area contributed by atoms with Crippen molar-refractivity contribution in [3.63, 3.8) is 0 Å². The van der Waals surface area contributed by atoms with Gasteiger partial charge in [-0.15, -0.1) is 0 Å². The van der Waals surface area contributed by atoms with E-state index < -0.39 is 0 Å². The molecule has 90 valence electrons. The molecule has 1 aromatic rings. The summed E-state index contributed by atoms with van der Waals surface area (Å²) in [6.45, 7) is 5.10. The van der Waals surface area contributed by atoms with Gasteiger partial charge in [0.2, 0.25) is 0 Å². The van der Waals surface area contributed by atoms with Crippen molar-refractivity contribution < 1.29 is 0 Å². The monoisotopic (exact) mass is 223 g/mol. The Hall–Kier alpha value is -1.36. The summed E-state index contributed by atoms with van der Waals surface area (Å²) in [7, 11) is 0. The molecule has 0 radical (unpaired) electrons. The quantitative estimate of drug-likeness (QED) is 0.375. The fourth-order valence-corrected chi connectivity index (χ4v) is 1.53. The second-order valence-corrected chi connectivity index (χ2v) is 3.83. The average Bonchev–Trinajstić information content (AvgIpc) is 2.31. The Morgan fingerprint density at radius 1 is 1.19 bits per heavy atom. The van der Waals surface area contributed by atoms with Gasteiger partial charge in [0.15, 0.2) is 0 Å². The number of nitrogens with two attached hydrogens (primary N) is 1. The van der Waals surface area contributed by atoms with Gasteiger partial charge in [-0.3, -0.25) is 0 Å². The predicted molar refractivity (Wildman–Crippen MR) is 67.2 cm³/mol. The smallest absolute Gasteiger partial charge is 0.148 e. The van der Waals surface area contributed by atoms with Crippen LogP contribution >= 0.6 is 0 Å². The number of hydrazine groups is 1. The Morgan fingerprint density at radius 2 is 1.94 bits per heavy atom. The standard InChI is InChI=1S/C11H21N5/c1-3-4-5-6-7-13-10-9(2)11(16-12)15-8-14-10/h8H,3-7,12H2,1-2H3,(H2,13,14,15,16). The van der Waals surface area contributed by atoms with Crippen LogP contribution in [-0.4, -0.2) is 16.5 Å². The van der Waals surface area contributed by atoms with E-state index in [0.717, 1.165) is 17.9 Å². The summed E-state index contributed by atoms with van der Waals surface area (Å²) in [6.07, 6.45) is 6.49. The first-order valence-electron chi connectivity index (χ1n) is 5.81. The molecule has 0 aliphatic rings. The lowest BCUT2D eigenvalue weighted by Crippen LogP contribution is -2.13. The van der Waals surface area contributed by atoms with Crippen LogP contribution in [0.15, 0.2) is 6.33 Å². The molecule has 0 spiro atoms. The van der Waals surface area contributed by atoms with E-state index in [9.17, 15) is 0 Å². The van der Waals surface area contributed by atoms with Gasteiger partial charge in [0.1, 0.15) is 18.0 Å². The lowest BCUT2D eigenvalue weighted by molar-refractivity contribution is 0.684. The third kappa shape index (κ3) is 3.66. The van der Waals surface area contributed by atoms with E-state index in [1.54, 1.807) is 0 Å². The van der Waals surface area contributed by atoms with Gasteiger partial charge in [-0.05, 0) is 13.3 Å². The molecule has 1 heterocycles. The fraction of sp³-hybridized carbons (Fsp3) is 0.636. The van der Waals surface area contributed by atoms with Gasteiger partial charge in [0, 0.05) is 12.1 Å². The molecule has 0 unspecified atom stereocenters. The maximum absolute atomic E-state index is 5.35. The van der Waals surface area contributed by atoms with Crippen LogP contribution in [0, 0.1) is 6.92 Å². The van der Waals surface area contributed by atoms with E-state index in [2.05, 4.69) is 27.6 Å². The lowest BCUT2D eigenvalue weighted by atomic mass is 10.2. The van der Waals surface area contributed by atoms with Gasteiger partial charge in [0.25, 0.3) is 0 Å². The van der Waals surface area contributed by atoms with Crippen molar-refractivity contribution in [1.29, 1.82) is 0 Å². The van der Waals surface area contributed by atoms with Crippen molar-refractivity contribution in [2.45, 2.75) is 39.5 Å². The van der Waals surface area contributed by atoms with Gasteiger partial charge in [-0.2, -0.15) is 0 Å². The number of nitrogens with one attached hydrogen (secondary N) is 2. The van der Waals surface area contributed by atoms with Crippen LogP contribution in [0.2, 0.25) is 0 Å². The van der Waals surface area contributed by atoms with E-state index in [4.69, 9.17) is 5.84 Å². The summed E-state index contributed by atoms with van der Waals surface area (Å²) in [5.74, 6) is 6.88. The van der Waals surface area contributed by atoms with Crippen molar-refractivity contribution in [3.8, 4) is 0 Å². The molecule has 0 bridgehead atoms. The Morgan fingerprint density at radius 3 is 2.62 bits per heavy atom. The molecule has 0 amide bonds. The number of anilines is 2. The van der Waals surface area contributed by atoms with Crippen LogP contribution in [-0.2, 0) is 0 Å². The van der Waals surface area contributed by atoms with E-state index in [-0.39, 0.29) is 0 Å². The summed E-state index contributed by atoms with van der Waals surface area (Å²) in [4.78, 5) is 8.21. The van der Waals surface area contributed by atoms with Crippen LogP contribution < -0.4 is 16.6 Å². The summed E-state index contributed by atoms with van der Waals surface area (Å²) >= 11 is 0. The molecular weight excluding hydrogens is 202 g/mol. The van der Waals surface area contributed by atoms with Gasteiger partial charge in [-0.25, -0.2) is 15.8 Å². The first-order chi connectivity index (χ1) is 7.79. The van der Waals surface area contributed by atoms with Gasteiger partial charge in [-0.1, -0.05) is 26.2 Å². The van der Waals surface area contributed by atoms with E-state index in [1.807, 2.05) is 6.92 Å². The molecule has 1 aromatic heterocycles. The lowest BCUT2D eigenvalue weighted by Gasteiger charge is -2.10. The zero-order chi connectivity index (χ0) is 11.8. The summed E-state index contributed by atoms with van der Waals surface area (Å²) < 4.78 is 0. The third-order valence-corrected chi connectivity index (χ3v) is 2.54. The molecular formula is C11H21N5. The van der Waals surface area contributed by atoms with Crippen LogP contribution in [0.4, 0.5) is 11.6 Å². The average molecular weight is 223 g/mol. The molecule has 5 nitrogen and oxygen atoms in total. The Bertz CT molecular complexity index is 313. The number of nitrogen functional groups attached to an aromatic ring is 1. The molecule has 0 fully saturated rings. The predicted octanol–water partition coefficient (Wildman–Crippen LogP) is 2.06. The molecule has 0 saturated heterocycles. The second-order valence-electron chi connectivity index (χ2n) is 3.83. The molecule has 0 aromatic carbocycles. The minimum Gasteiger partial charge on any atom is -0.370 e. The van der Waals surface area contributed by atoms with Crippen LogP contribution in [0.1, 0.15) is 38.2 Å². The van der Waals surface area contributed by atoms with Crippen molar-refractivity contribution >= 4 is 11.6 Å². The molecule has 5 heteroatoms. The number of aromatic nitrogens is 2. The molecule has 0 aliphatic heterocycles. The second kappa shape index (κ2) is 7.00. The van der Waals surface area contributed by atoms with Crippen molar-refractivity contribution in [1.82, 2.24) is 9.97 Å². The first kappa shape index (κ1) is 12.7. The molecule has 1 rings (SSSR count). The largest absolute Gasteiger partial charge is 0.370 e. The minimum absolute atomic E-state index is 0.672. The number of hydrogen-bond acceptors (Lipinski definition) is 5. The minimum atomic E-state index is 0.672. The molecule has 0 atom stereocenters. The van der Waals surface area contributed by atoms with Gasteiger partial charge in [0.05, 0.1) is 0 Å². The maximum Gasteiger partial charge on any atom is 0.148 e. The number of nitrogens with zero attached hydrogens (tertiary/aromatic N) is 2. The van der Waals surface area contributed by atoms with Crippen molar-refractivity contribution in [3.05, 3.63) is 11.9 Å². The van der Waals surface area contributed by atoms with Crippen LogP contribution in [0.5, 0.6) is 0 Å². The van der Waals surface area contributed by atoms with Gasteiger partial charge < -0.3 is 10.7 Å². The maximum atomic E-state index is 5.35. The molecule has 16 heavy (non-hydrogen) atoms. The molecule has 0 saturated carbocycles. The van der Waals surface area contributed by atoms with Crippen molar-refractivity contribution in [2.24, 2.45) is 5.84 Å². The molecule has 0 aliphatic carbocycles. The summed E-state index contributed by atoms with van der Waals surface area (Å²) in [5, 5.41) is 3.30. The first-order valence-corrected chi connectivity index (χ1v) is 5.81. The highest BCUT2D eigenvalue weighted by atomic mass is 15.3. The van der Waals surface area contributed by atoms with Crippen LogP contribution in [0.3, 0.4) is 0 Å². The Labute approximate surface area is 96.8 Å². The van der Waals surface area contributed by atoms with E-state index in [1.165, 1.54) is 32.0 Å².